The molecule has 0 aliphatic carbocycles. The lowest BCUT2D eigenvalue weighted by Crippen LogP contribution is -2.28. The maximum atomic E-state index is 13.4. The predicted molar refractivity (Wildman–Crippen MR) is 84.8 cm³/mol. The van der Waals surface area contributed by atoms with Crippen molar-refractivity contribution in [2.75, 3.05) is 20.3 Å². The molecule has 0 atom stereocenters. The lowest BCUT2D eigenvalue weighted by atomic mass is 10.2. The summed E-state index contributed by atoms with van der Waals surface area (Å²) in [6.45, 7) is 1.81. The van der Waals surface area contributed by atoms with Gasteiger partial charge in [-0.25, -0.2) is 17.5 Å². The van der Waals surface area contributed by atoms with Gasteiger partial charge in [-0.05, 0) is 36.8 Å². The Hall–Kier alpha value is -2.12. The summed E-state index contributed by atoms with van der Waals surface area (Å²) in [5, 5.41) is 0. The van der Waals surface area contributed by atoms with Crippen LogP contribution in [0.25, 0.3) is 0 Å². The van der Waals surface area contributed by atoms with Crippen LogP contribution in [0.4, 0.5) is 4.39 Å². The summed E-state index contributed by atoms with van der Waals surface area (Å²) in [6.07, 6.45) is 0. The van der Waals surface area contributed by atoms with Crippen LogP contribution >= 0.6 is 0 Å². The fourth-order valence-electron chi connectivity index (χ4n) is 1.97. The first-order valence-electron chi connectivity index (χ1n) is 6.95. The monoisotopic (exact) mass is 339 g/mol. The van der Waals surface area contributed by atoms with Gasteiger partial charge in [0.1, 0.15) is 17.3 Å². The Bertz CT molecular complexity index is 777. The van der Waals surface area contributed by atoms with Gasteiger partial charge in [0.2, 0.25) is 10.0 Å². The van der Waals surface area contributed by atoms with Crippen molar-refractivity contribution in [2.45, 2.75) is 11.8 Å². The smallest absolute Gasteiger partial charge is 0.244 e. The van der Waals surface area contributed by atoms with Crippen molar-refractivity contribution in [3.63, 3.8) is 0 Å². The quantitative estimate of drug-likeness (QED) is 0.787. The van der Waals surface area contributed by atoms with E-state index in [1.807, 2.05) is 0 Å². The molecule has 0 unspecified atom stereocenters. The van der Waals surface area contributed by atoms with E-state index in [0.717, 1.165) is 5.56 Å². The van der Waals surface area contributed by atoms with Gasteiger partial charge in [-0.1, -0.05) is 18.2 Å². The summed E-state index contributed by atoms with van der Waals surface area (Å²) in [5.74, 6) is -0.145. The highest BCUT2D eigenvalue weighted by molar-refractivity contribution is 7.89. The van der Waals surface area contributed by atoms with Crippen LogP contribution in [-0.2, 0) is 10.0 Å². The number of benzene rings is 2. The lowest BCUT2D eigenvalue weighted by molar-refractivity contribution is 0.306. The molecular formula is C16H18FNO4S. The molecule has 5 nitrogen and oxygen atoms in total. The molecule has 0 amide bonds. The minimum atomic E-state index is -3.74. The molecular weight excluding hydrogens is 321 g/mol. The van der Waals surface area contributed by atoms with Crippen LogP contribution in [0.1, 0.15) is 5.56 Å². The Kier molecular flexibility index (Phi) is 5.57. The molecule has 0 radical (unpaired) electrons. The Morgan fingerprint density at radius 3 is 2.57 bits per heavy atom. The second kappa shape index (κ2) is 7.43. The minimum Gasteiger partial charge on any atom is -0.495 e. The van der Waals surface area contributed by atoms with E-state index in [-0.39, 0.29) is 29.5 Å². The van der Waals surface area contributed by atoms with Gasteiger partial charge >= 0.3 is 0 Å². The van der Waals surface area contributed by atoms with Crippen LogP contribution < -0.4 is 14.2 Å². The third kappa shape index (κ3) is 4.43. The van der Waals surface area contributed by atoms with Crippen molar-refractivity contribution in [3.05, 3.63) is 53.8 Å². The van der Waals surface area contributed by atoms with Crippen molar-refractivity contribution < 1.29 is 22.3 Å². The predicted octanol–water partition coefficient (Wildman–Crippen LogP) is 2.50. The zero-order valence-electron chi connectivity index (χ0n) is 12.9. The second-order valence-corrected chi connectivity index (χ2v) is 6.57. The molecule has 0 saturated heterocycles. The van der Waals surface area contributed by atoms with Crippen molar-refractivity contribution in [1.29, 1.82) is 0 Å². The summed E-state index contributed by atoms with van der Waals surface area (Å²) in [4.78, 5) is 0.0610. The Balaban J connectivity index is 2.00. The Morgan fingerprint density at radius 2 is 1.87 bits per heavy atom. The maximum Gasteiger partial charge on any atom is 0.244 e. The highest BCUT2D eigenvalue weighted by Crippen LogP contribution is 2.24. The number of hydrogen-bond donors (Lipinski definition) is 1. The highest BCUT2D eigenvalue weighted by atomic mass is 32.2. The number of aryl methyl sites for hydroxylation is 1. The van der Waals surface area contributed by atoms with E-state index in [9.17, 15) is 12.8 Å². The number of sulfonamides is 1. The van der Waals surface area contributed by atoms with Crippen LogP contribution in [-0.4, -0.2) is 28.7 Å². The van der Waals surface area contributed by atoms with E-state index < -0.39 is 15.8 Å². The first-order chi connectivity index (χ1) is 10.9. The third-order valence-electron chi connectivity index (χ3n) is 3.10. The van der Waals surface area contributed by atoms with E-state index in [1.165, 1.54) is 25.3 Å². The van der Waals surface area contributed by atoms with Crippen molar-refractivity contribution in [1.82, 2.24) is 4.72 Å². The van der Waals surface area contributed by atoms with Gasteiger partial charge in [0.05, 0.1) is 7.11 Å². The van der Waals surface area contributed by atoms with Crippen molar-refractivity contribution in [3.8, 4) is 11.5 Å². The number of nitrogens with one attached hydrogen (secondary N) is 1. The molecule has 2 aromatic rings. The lowest BCUT2D eigenvalue weighted by Gasteiger charge is -2.12. The normalized spacial score (nSPS) is 11.3. The van der Waals surface area contributed by atoms with Crippen LogP contribution in [0.5, 0.6) is 11.5 Å². The van der Waals surface area contributed by atoms with Crippen LogP contribution in [0.2, 0.25) is 0 Å². The van der Waals surface area contributed by atoms with Gasteiger partial charge in [-0.15, -0.1) is 0 Å². The summed E-state index contributed by atoms with van der Waals surface area (Å²) in [6, 6.07) is 10.8. The molecule has 2 aromatic carbocycles. The summed E-state index contributed by atoms with van der Waals surface area (Å²) < 4.78 is 50.7. The maximum absolute atomic E-state index is 13.4. The van der Waals surface area contributed by atoms with E-state index in [1.54, 1.807) is 31.2 Å². The highest BCUT2D eigenvalue weighted by Gasteiger charge is 2.19. The minimum absolute atomic E-state index is 0.00770. The SMILES string of the molecule is COc1ccc(C)cc1S(=O)(=O)NCCOc1ccccc1F. The Labute approximate surface area is 135 Å². The van der Waals surface area contributed by atoms with Gasteiger partial charge in [0.25, 0.3) is 0 Å². The largest absolute Gasteiger partial charge is 0.495 e. The van der Waals surface area contributed by atoms with Gasteiger partial charge < -0.3 is 9.47 Å². The molecule has 23 heavy (non-hydrogen) atoms. The molecule has 0 saturated carbocycles. The number of rotatable bonds is 7. The van der Waals surface area contributed by atoms with Crippen LogP contribution in [0, 0.1) is 12.7 Å². The standard InChI is InChI=1S/C16H18FNO4S/c1-12-7-8-15(21-2)16(11-12)23(19,20)18-9-10-22-14-6-4-3-5-13(14)17/h3-8,11,18H,9-10H2,1-2H3. The van der Waals surface area contributed by atoms with E-state index in [0.29, 0.717) is 0 Å². The fraction of sp³-hybridized carbons (Fsp3) is 0.250. The molecule has 0 heterocycles. The zero-order chi connectivity index (χ0) is 16.9. The number of methoxy groups -OCH3 is 1. The molecule has 2 rings (SSSR count). The summed E-state index contributed by atoms with van der Waals surface area (Å²) >= 11 is 0. The fourth-order valence-corrected chi connectivity index (χ4v) is 3.24. The molecule has 0 bridgehead atoms. The average Bonchev–Trinajstić information content (AvgIpc) is 2.53. The summed E-state index contributed by atoms with van der Waals surface area (Å²) in [7, 11) is -2.33. The van der Waals surface area contributed by atoms with Crippen LogP contribution in [0.3, 0.4) is 0 Å². The van der Waals surface area contributed by atoms with Gasteiger partial charge in [-0.2, -0.15) is 0 Å². The zero-order valence-corrected chi connectivity index (χ0v) is 13.7. The van der Waals surface area contributed by atoms with E-state index in [4.69, 9.17) is 9.47 Å². The average molecular weight is 339 g/mol. The molecule has 124 valence electrons. The van der Waals surface area contributed by atoms with Crippen molar-refractivity contribution >= 4 is 10.0 Å². The molecule has 0 aliphatic heterocycles. The van der Waals surface area contributed by atoms with Gasteiger partial charge in [0.15, 0.2) is 11.6 Å². The second-order valence-electron chi connectivity index (χ2n) is 4.83. The number of hydrogen-bond acceptors (Lipinski definition) is 4. The molecule has 0 aromatic heterocycles. The molecule has 0 fully saturated rings. The van der Waals surface area contributed by atoms with Crippen LogP contribution in [0.15, 0.2) is 47.4 Å². The van der Waals surface area contributed by atoms with Crippen molar-refractivity contribution in [2.24, 2.45) is 0 Å². The first-order valence-corrected chi connectivity index (χ1v) is 8.44. The first kappa shape index (κ1) is 17.2. The third-order valence-corrected chi connectivity index (χ3v) is 4.58. The molecule has 0 aliphatic rings. The Morgan fingerprint density at radius 1 is 1.13 bits per heavy atom. The molecule has 1 N–H and O–H groups in total. The topological polar surface area (TPSA) is 64.6 Å². The van der Waals surface area contributed by atoms with Gasteiger partial charge in [0, 0.05) is 6.54 Å². The number of ether oxygens (including phenoxy) is 2. The van der Waals surface area contributed by atoms with Gasteiger partial charge in [-0.3, -0.25) is 0 Å². The molecule has 7 heteroatoms. The number of halogens is 1. The molecule has 0 spiro atoms. The van der Waals surface area contributed by atoms with E-state index in [2.05, 4.69) is 4.72 Å². The summed E-state index contributed by atoms with van der Waals surface area (Å²) in [5.41, 5.74) is 0.800. The number of para-hydroxylation sites is 1. The van der Waals surface area contributed by atoms with E-state index >= 15 is 0 Å².